The van der Waals surface area contributed by atoms with Crippen LogP contribution >= 0.6 is 11.6 Å². The minimum atomic E-state index is -0.899. The van der Waals surface area contributed by atoms with Crippen molar-refractivity contribution in [1.29, 1.82) is 0 Å². The zero-order valence-corrected chi connectivity index (χ0v) is 21.1. The highest BCUT2D eigenvalue weighted by molar-refractivity contribution is 6.32. The van der Waals surface area contributed by atoms with Gasteiger partial charge in [0.15, 0.2) is 6.61 Å². The van der Waals surface area contributed by atoms with Crippen molar-refractivity contribution in [3.8, 4) is 0 Å². The van der Waals surface area contributed by atoms with Crippen LogP contribution in [0.25, 0.3) is 0 Å². The summed E-state index contributed by atoms with van der Waals surface area (Å²) in [6.07, 6.45) is 3.05. The number of nitroso groups, excluding NO2 is 1. The number of imide groups is 1. The molecule has 4 aliphatic rings. The number of hydrazine groups is 1. The maximum Gasteiger partial charge on any atom is 0.407 e. The first kappa shape index (κ1) is 25.4. The van der Waals surface area contributed by atoms with E-state index in [0.717, 1.165) is 24.1 Å². The van der Waals surface area contributed by atoms with Crippen molar-refractivity contribution >= 4 is 35.4 Å². The molecule has 3 fully saturated rings. The molecule has 3 atom stereocenters. The Kier molecular flexibility index (Phi) is 6.78. The van der Waals surface area contributed by atoms with Crippen LogP contribution in [0.1, 0.15) is 66.9 Å². The molecule has 13 heteroatoms. The first-order valence-electron chi connectivity index (χ1n) is 12.4. The first-order valence-corrected chi connectivity index (χ1v) is 12.8. The molecule has 11 nitrogen and oxygen atoms in total. The fourth-order valence-electron chi connectivity index (χ4n) is 5.51. The zero-order valence-electron chi connectivity index (χ0n) is 20.3. The molecule has 3 heterocycles. The maximum absolute atomic E-state index is 15.3. The molecular formula is C24H28ClFN5O6+. The van der Waals surface area contributed by atoms with Crippen LogP contribution in [-0.2, 0) is 27.4 Å². The highest BCUT2D eigenvalue weighted by atomic mass is 35.5. The van der Waals surface area contributed by atoms with E-state index < -0.39 is 41.7 Å². The molecule has 5 rings (SSSR count). The second-order valence-electron chi connectivity index (χ2n) is 10.0. The Balaban J connectivity index is 1.19. The van der Waals surface area contributed by atoms with Gasteiger partial charge in [0.25, 0.3) is 11.9 Å². The van der Waals surface area contributed by atoms with Crippen LogP contribution in [0.2, 0.25) is 5.02 Å². The number of ether oxygens (including phenoxy) is 1. The van der Waals surface area contributed by atoms with Crippen LogP contribution < -0.4 is 10.6 Å². The molecule has 1 aromatic rings. The van der Waals surface area contributed by atoms with Crippen molar-refractivity contribution in [1.82, 2.24) is 20.5 Å². The summed E-state index contributed by atoms with van der Waals surface area (Å²) in [4.78, 5) is 63.7. The molecule has 3 unspecified atom stereocenters. The van der Waals surface area contributed by atoms with Crippen molar-refractivity contribution in [2.45, 2.75) is 82.7 Å². The van der Waals surface area contributed by atoms with Gasteiger partial charge < -0.3 is 15.0 Å². The number of hydrogen-bond donors (Lipinski definition) is 2. The third kappa shape index (κ3) is 4.62. The maximum atomic E-state index is 15.3. The number of piperidine rings is 1. The van der Waals surface area contributed by atoms with Crippen molar-refractivity contribution in [2.75, 3.05) is 6.61 Å². The van der Waals surface area contributed by atoms with Crippen LogP contribution in [-0.4, -0.2) is 69.4 Å². The lowest BCUT2D eigenvalue weighted by Crippen LogP contribution is -2.52. The first-order chi connectivity index (χ1) is 17.7. The van der Waals surface area contributed by atoms with E-state index in [4.69, 9.17) is 16.3 Å². The summed E-state index contributed by atoms with van der Waals surface area (Å²) in [5.41, 5.74) is -0.0160. The summed E-state index contributed by atoms with van der Waals surface area (Å²) in [5, 5.41) is 6.59. The Bertz CT molecular complexity index is 1190. The molecule has 2 saturated heterocycles. The van der Waals surface area contributed by atoms with Gasteiger partial charge in [-0.3, -0.25) is 19.7 Å². The number of hydrogen-bond acceptors (Lipinski definition) is 6. The van der Waals surface area contributed by atoms with Gasteiger partial charge in [-0.15, -0.1) is 5.01 Å². The van der Waals surface area contributed by atoms with Crippen LogP contribution in [0.15, 0.2) is 6.07 Å². The summed E-state index contributed by atoms with van der Waals surface area (Å²) in [7, 11) is 0. The molecule has 198 valence electrons. The van der Waals surface area contributed by atoms with E-state index >= 15 is 4.39 Å². The number of rotatable bonds is 6. The quantitative estimate of drug-likeness (QED) is 0.421. The van der Waals surface area contributed by atoms with Gasteiger partial charge in [-0.1, -0.05) is 11.6 Å². The SMILES string of the molecule is CC1CC(COC(=O)NCc2cc(Cl)c3c(c2F)C(=O)N(C2CCC(=O)NC2=O)C3)[N+](=O)N1C1CCC1. The van der Waals surface area contributed by atoms with Crippen LogP contribution in [0.4, 0.5) is 9.18 Å². The molecule has 2 N–H and O–H groups in total. The standard InChI is InChI=1S/C24H27ClFN5O6/c1-12-7-15(31(36)30(12)14-3-2-4-14)11-37-24(35)27-9-13-8-17(25)16-10-29(23(34)20(16)21(13)26)18-5-6-19(32)28-22(18)33/h8,12,14-15,18H,2-7,9-11H2,1H3,(H-,27,28,32,33,35)/p+1. The smallest absolute Gasteiger partial charge is 0.407 e. The largest absolute Gasteiger partial charge is 0.442 e. The normalized spacial score (nSPS) is 25.8. The second-order valence-corrected chi connectivity index (χ2v) is 10.5. The Morgan fingerprint density at radius 2 is 2.05 bits per heavy atom. The third-order valence-corrected chi connectivity index (χ3v) is 8.00. The lowest BCUT2D eigenvalue weighted by Gasteiger charge is -2.31. The third-order valence-electron chi connectivity index (χ3n) is 7.67. The number of carbonyl (C=O) groups is 4. The molecule has 0 bridgehead atoms. The molecule has 1 aromatic carbocycles. The second kappa shape index (κ2) is 9.88. The van der Waals surface area contributed by atoms with Gasteiger partial charge in [-0.25, -0.2) is 9.18 Å². The van der Waals surface area contributed by atoms with E-state index in [9.17, 15) is 24.1 Å². The average molecular weight is 537 g/mol. The van der Waals surface area contributed by atoms with Gasteiger partial charge in [0.1, 0.15) is 16.7 Å². The van der Waals surface area contributed by atoms with Gasteiger partial charge in [-0.2, -0.15) is 0 Å². The molecule has 0 spiro atoms. The van der Waals surface area contributed by atoms with Crippen molar-refractivity contribution in [2.24, 2.45) is 0 Å². The van der Waals surface area contributed by atoms with Gasteiger partial charge in [0.2, 0.25) is 11.8 Å². The predicted molar refractivity (Wildman–Crippen MR) is 127 cm³/mol. The van der Waals surface area contributed by atoms with Crippen molar-refractivity contribution in [3.05, 3.63) is 38.5 Å². The highest BCUT2D eigenvalue weighted by Gasteiger charge is 2.50. The summed E-state index contributed by atoms with van der Waals surface area (Å²) in [6, 6.07) is 0.255. The summed E-state index contributed by atoms with van der Waals surface area (Å²) in [5.74, 6) is -2.57. The van der Waals surface area contributed by atoms with E-state index in [1.165, 1.54) is 11.0 Å². The van der Waals surface area contributed by atoms with E-state index in [1.54, 1.807) is 0 Å². The van der Waals surface area contributed by atoms with E-state index in [-0.39, 0.29) is 66.3 Å². The van der Waals surface area contributed by atoms with Gasteiger partial charge in [0.05, 0.1) is 22.6 Å². The Morgan fingerprint density at radius 3 is 2.73 bits per heavy atom. The number of benzene rings is 1. The lowest BCUT2D eigenvalue weighted by atomic mass is 9.92. The molecule has 0 radical (unpaired) electrons. The lowest BCUT2D eigenvalue weighted by molar-refractivity contribution is -0.725. The van der Waals surface area contributed by atoms with Gasteiger partial charge >= 0.3 is 6.09 Å². The molecule has 1 aliphatic carbocycles. The van der Waals surface area contributed by atoms with E-state index in [2.05, 4.69) is 10.6 Å². The van der Waals surface area contributed by atoms with E-state index in [1.807, 2.05) is 11.9 Å². The van der Waals surface area contributed by atoms with Crippen molar-refractivity contribution in [3.63, 3.8) is 0 Å². The molecule has 4 amide bonds. The number of alkyl carbamates (subject to hydrolysis) is 1. The van der Waals surface area contributed by atoms with Crippen molar-refractivity contribution < 1.29 is 33.2 Å². The number of amides is 4. The average Bonchev–Trinajstić information content (AvgIpc) is 3.30. The van der Waals surface area contributed by atoms with E-state index in [0.29, 0.717) is 6.42 Å². The number of halogens is 2. The van der Waals surface area contributed by atoms with Gasteiger partial charge in [-0.05, 0) is 38.7 Å². The number of nitrogens with zero attached hydrogens (tertiary/aromatic N) is 3. The molecule has 0 aromatic heterocycles. The minimum Gasteiger partial charge on any atom is -0.442 e. The molecule has 1 saturated carbocycles. The Hall–Kier alpha value is -3.28. The zero-order chi connectivity index (χ0) is 26.4. The molecule has 3 aliphatic heterocycles. The summed E-state index contributed by atoms with van der Waals surface area (Å²) < 4.78 is 20.6. The van der Waals surface area contributed by atoms with Crippen LogP contribution in [0.3, 0.4) is 0 Å². The predicted octanol–water partition coefficient (Wildman–Crippen LogP) is 2.18. The number of fused-ring (bicyclic) bond motifs is 1. The molecule has 37 heavy (non-hydrogen) atoms. The topological polar surface area (TPSA) is 128 Å². The highest BCUT2D eigenvalue weighted by Crippen LogP contribution is 2.36. The minimum absolute atomic E-state index is 0.0183. The summed E-state index contributed by atoms with van der Waals surface area (Å²) in [6.45, 7) is 1.52. The Morgan fingerprint density at radius 1 is 1.30 bits per heavy atom. The van der Waals surface area contributed by atoms with Crippen LogP contribution in [0.5, 0.6) is 0 Å². The molecular weight excluding hydrogens is 509 g/mol. The van der Waals surface area contributed by atoms with Gasteiger partial charge in [0, 0.05) is 42.1 Å². The fourth-order valence-corrected chi connectivity index (χ4v) is 5.79. The summed E-state index contributed by atoms with van der Waals surface area (Å²) >= 11 is 6.33. The number of nitrogens with one attached hydrogen (secondary N) is 2. The van der Waals surface area contributed by atoms with Crippen LogP contribution in [0, 0.1) is 10.7 Å². The fraction of sp³-hybridized carbons (Fsp3) is 0.583. The monoisotopic (exact) mass is 536 g/mol. The number of carbonyl (C=O) groups excluding carboxylic acids is 4. The Labute approximate surface area is 217 Å².